The second kappa shape index (κ2) is 8.71. The summed E-state index contributed by atoms with van der Waals surface area (Å²) in [4.78, 5) is 15.2. The minimum Gasteiger partial charge on any atom is -0.379 e. The Hall–Kier alpha value is -1.49. The SMILES string of the molecule is Cc1noc(C)c1S(=O)(=O)N1CCCC(C(=O)NCC(C)(C)N2CCOCC2)C1. The maximum atomic E-state index is 13.1. The largest absolute Gasteiger partial charge is 0.379 e. The average Bonchev–Trinajstić information content (AvgIpc) is 3.06. The van der Waals surface area contributed by atoms with Crippen molar-refractivity contribution >= 4 is 15.9 Å². The van der Waals surface area contributed by atoms with Crippen LogP contribution in [-0.4, -0.2) is 80.2 Å². The van der Waals surface area contributed by atoms with E-state index in [9.17, 15) is 13.2 Å². The van der Waals surface area contributed by atoms with Crippen LogP contribution in [0.4, 0.5) is 0 Å². The van der Waals surface area contributed by atoms with Gasteiger partial charge in [-0.05, 0) is 40.5 Å². The van der Waals surface area contributed by atoms with Crippen molar-refractivity contribution in [3.63, 3.8) is 0 Å². The third-order valence-electron chi connectivity index (χ3n) is 5.88. The maximum Gasteiger partial charge on any atom is 0.248 e. The number of aromatic nitrogens is 1. The normalized spacial score (nSPS) is 22.6. The second-order valence-electron chi connectivity index (χ2n) is 8.49. The molecule has 3 heterocycles. The lowest BCUT2D eigenvalue weighted by Crippen LogP contribution is -2.56. The number of piperidine rings is 1. The van der Waals surface area contributed by atoms with Crippen LogP contribution >= 0.6 is 0 Å². The summed E-state index contributed by atoms with van der Waals surface area (Å²) >= 11 is 0. The topological polar surface area (TPSA) is 105 Å². The van der Waals surface area contributed by atoms with E-state index >= 15 is 0 Å². The number of hydrogen-bond acceptors (Lipinski definition) is 7. The van der Waals surface area contributed by atoms with Crippen molar-refractivity contribution in [1.82, 2.24) is 19.7 Å². The van der Waals surface area contributed by atoms with Crippen molar-refractivity contribution < 1.29 is 22.5 Å². The third-order valence-corrected chi connectivity index (χ3v) is 7.99. The zero-order valence-electron chi connectivity index (χ0n) is 17.7. The molecule has 0 spiro atoms. The van der Waals surface area contributed by atoms with Crippen molar-refractivity contribution in [3.05, 3.63) is 11.5 Å². The van der Waals surface area contributed by atoms with Gasteiger partial charge in [0.05, 0.1) is 19.1 Å². The van der Waals surface area contributed by atoms with Gasteiger partial charge in [-0.1, -0.05) is 5.16 Å². The van der Waals surface area contributed by atoms with Crippen molar-refractivity contribution in [2.45, 2.75) is 51.0 Å². The van der Waals surface area contributed by atoms with E-state index in [-0.39, 0.29) is 34.6 Å². The first kappa shape index (κ1) is 22.2. The van der Waals surface area contributed by atoms with Crippen molar-refractivity contribution in [1.29, 1.82) is 0 Å². The van der Waals surface area contributed by atoms with Crippen LogP contribution in [0, 0.1) is 19.8 Å². The number of nitrogens with zero attached hydrogens (tertiary/aromatic N) is 3. The van der Waals surface area contributed by atoms with Crippen LogP contribution < -0.4 is 5.32 Å². The molecule has 9 nitrogen and oxygen atoms in total. The van der Waals surface area contributed by atoms with E-state index in [0.717, 1.165) is 13.1 Å². The molecule has 0 saturated carbocycles. The Bertz CT molecular complexity index is 810. The summed E-state index contributed by atoms with van der Waals surface area (Å²) in [6, 6.07) is 0. The van der Waals surface area contributed by atoms with E-state index in [1.54, 1.807) is 13.8 Å². The highest BCUT2D eigenvalue weighted by Gasteiger charge is 2.37. The molecule has 1 atom stereocenters. The smallest absolute Gasteiger partial charge is 0.248 e. The fourth-order valence-electron chi connectivity index (χ4n) is 4.07. The molecular formula is C19H32N4O5S. The van der Waals surface area contributed by atoms with Gasteiger partial charge in [0.1, 0.15) is 10.6 Å². The lowest BCUT2D eigenvalue weighted by Gasteiger charge is -2.41. The van der Waals surface area contributed by atoms with Gasteiger partial charge < -0.3 is 14.6 Å². The number of nitrogens with one attached hydrogen (secondary N) is 1. The van der Waals surface area contributed by atoms with Gasteiger partial charge in [-0.2, -0.15) is 4.31 Å². The van der Waals surface area contributed by atoms with Gasteiger partial charge in [0.15, 0.2) is 5.76 Å². The molecule has 2 fully saturated rings. The molecule has 29 heavy (non-hydrogen) atoms. The van der Waals surface area contributed by atoms with Crippen LogP contribution in [0.3, 0.4) is 0 Å². The molecule has 164 valence electrons. The molecule has 1 N–H and O–H groups in total. The highest BCUT2D eigenvalue weighted by molar-refractivity contribution is 7.89. The summed E-state index contributed by atoms with van der Waals surface area (Å²) in [6.45, 7) is 11.6. The first-order valence-corrected chi connectivity index (χ1v) is 11.6. The number of morpholine rings is 1. The molecule has 1 aromatic rings. The number of amides is 1. The standard InChI is InChI=1S/C19H32N4O5S/c1-14-17(15(2)28-21-14)29(25,26)23-7-5-6-16(12-23)18(24)20-13-19(3,4)22-8-10-27-11-9-22/h16H,5-13H2,1-4H3,(H,20,24). The Labute approximate surface area is 172 Å². The van der Waals surface area contributed by atoms with E-state index in [2.05, 4.69) is 29.2 Å². The summed E-state index contributed by atoms with van der Waals surface area (Å²) in [6.07, 6.45) is 1.32. The Morgan fingerprint density at radius 1 is 1.24 bits per heavy atom. The van der Waals surface area contributed by atoms with Crippen LogP contribution in [0.2, 0.25) is 0 Å². The highest BCUT2D eigenvalue weighted by atomic mass is 32.2. The number of aryl methyl sites for hydroxylation is 2. The van der Waals surface area contributed by atoms with Gasteiger partial charge in [-0.15, -0.1) is 0 Å². The molecule has 10 heteroatoms. The van der Waals surface area contributed by atoms with Crippen LogP contribution in [0.25, 0.3) is 0 Å². The molecule has 1 unspecified atom stereocenters. The second-order valence-corrected chi connectivity index (χ2v) is 10.4. The summed E-state index contributed by atoms with van der Waals surface area (Å²) in [5, 5.41) is 6.80. The summed E-state index contributed by atoms with van der Waals surface area (Å²) in [7, 11) is -3.73. The molecular weight excluding hydrogens is 396 g/mol. The zero-order valence-corrected chi connectivity index (χ0v) is 18.5. The molecule has 0 aromatic carbocycles. The van der Waals surface area contributed by atoms with Crippen LogP contribution in [0.15, 0.2) is 9.42 Å². The molecule has 2 aliphatic rings. The number of hydrogen-bond donors (Lipinski definition) is 1. The number of carbonyl (C=O) groups is 1. The fraction of sp³-hybridized carbons (Fsp3) is 0.789. The van der Waals surface area contributed by atoms with Crippen molar-refractivity contribution in [3.8, 4) is 0 Å². The predicted octanol–water partition coefficient (Wildman–Crippen LogP) is 0.919. The minimum atomic E-state index is -3.73. The number of ether oxygens (including phenoxy) is 1. The van der Waals surface area contributed by atoms with E-state index < -0.39 is 10.0 Å². The van der Waals surface area contributed by atoms with Gasteiger partial charge in [0, 0.05) is 38.3 Å². The summed E-state index contributed by atoms with van der Waals surface area (Å²) < 4.78 is 37.9. The van der Waals surface area contributed by atoms with Crippen molar-refractivity contribution in [2.24, 2.45) is 5.92 Å². The minimum absolute atomic E-state index is 0.0926. The maximum absolute atomic E-state index is 13.1. The Morgan fingerprint density at radius 2 is 1.93 bits per heavy atom. The molecule has 3 rings (SSSR count). The molecule has 2 saturated heterocycles. The van der Waals surface area contributed by atoms with Gasteiger partial charge in [0.2, 0.25) is 15.9 Å². The lowest BCUT2D eigenvalue weighted by molar-refractivity contribution is -0.126. The van der Waals surface area contributed by atoms with Gasteiger partial charge in [0.25, 0.3) is 0 Å². The first-order chi connectivity index (χ1) is 13.6. The van der Waals surface area contributed by atoms with Gasteiger partial charge in [-0.3, -0.25) is 9.69 Å². The van der Waals surface area contributed by atoms with Crippen LogP contribution in [0.5, 0.6) is 0 Å². The Morgan fingerprint density at radius 3 is 2.55 bits per heavy atom. The number of rotatable bonds is 6. The number of carbonyl (C=O) groups excluding carboxylic acids is 1. The molecule has 0 bridgehead atoms. The molecule has 2 aliphatic heterocycles. The van der Waals surface area contributed by atoms with E-state index in [4.69, 9.17) is 9.26 Å². The first-order valence-electron chi connectivity index (χ1n) is 10.2. The van der Waals surface area contributed by atoms with E-state index in [1.165, 1.54) is 4.31 Å². The number of sulfonamides is 1. The predicted molar refractivity (Wildman–Crippen MR) is 107 cm³/mol. The Kier molecular flexibility index (Phi) is 6.67. The molecule has 1 amide bonds. The summed E-state index contributed by atoms with van der Waals surface area (Å²) in [5.74, 6) is -0.175. The molecule has 1 aromatic heterocycles. The molecule has 0 aliphatic carbocycles. The average molecular weight is 429 g/mol. The van der Waals surface area contributed by atoms with Gasteiger partial charge >= 0.3 is 0 Å². The van der Waals surface area contributed by atoms with E-state index in [1.807, 2.05) is 0 Å². The fourth-order valence-corrected chi connectivity index (χ4v) is 5.89. The van der Waals surface area contributed by atoms with Crippen molar-refractivity contribution in [2.75, 3.05) is 45.9 Å². The lowest BCUT2D eigenvalue weighted by atomic mass is 9.97. The van der Waals surface area contributed by atoms with Crippen LogP contribution in [0.1, 0.15) is 38.1 Å². The molecule has 0 radical (unpaired) electrons. The highest BCUT2D eigenvalue weighted by Crippen LogP contribution is 2.28. The monoisotopic (exact) mass is 428 g/mol. The zero-order chi connectivity index (χ0) is 21.2. The Balaban J connectivity index is 1.62. The quantitative estimate of drug-likeness (QED) is 0.718. The van der Waals surface area contributed by atoms with E-state index in [0.29, 0.717) is 44.8 Å². The van der Waals surface area contributed by atoms with Crippen LogP contribution in [-0.2, 0) is 19.6 Å². The summed E-state index contributed by atoms with van der Waals surface area (Å²) in [5.41, 5.74) is 0.164. The van der Waals surface area contributed by atoms with Gasteiger partial charge in [-0.25, -0.2) is 8.42 Å². The third kappa shape index (κ3) is 4.82.